The standard InChI is InChI=1S/C42H26S/c1-3-11-27(12-4-1)29-19-20-30-26-40-38(25-32(30)23-29)37-24-31(21-22-39(37)43-40)42-35-17-9-7-15-33(35)41(28-13-5-2-6-14-28)34-16-8-10-18-36(34)42/h1-26H. The summed E-state index contributed by atoms with van der Waals surface area (Å²) in [4.78, 5) is 0. The molecule has 0 bridgehead atoms. The topological polar surface area (TPSA) is 0 Å². The summed E-state index contributed by atoms with van der Waals surface area (Å²) in [7, 11) is 0. The Morgan fingerprint density at radius 1 is 0.279 bits per heavy atom. The Morgan fingerprint density at radius 2 is 0.814 bits per heavy atom. The molecule has 0 nitrogen and oxygen atoms in total. The quantitative estimate of drug-likeness (QED) is 0.188. The Labute approximate surface area is 254 Å². The summed E-state index contributed by atoms with van der Waals surface area (Å²) in [5.74, 6) is 0. The van der Waals surface area contributed by atoms with Crippen LogP contribution in [-0.4, -0.2) is 0 Å². The molecule has 0 amide bonds. The third kappa shape index (κ3) is 3.90. The first-order valence-electron chi connectivity index (χ1n) is 14.8. The van der Waals surface area contributed by atoms with E-state index in [0.717, 1.165) is 0 Å². The molecule has 1 heterocycles. The SMILES string of the molecule is c1ccc(-c2ccc3cc4sc5ccc(-c6c7ccccc7c(-c7ccccc7)c7ccccc67)cc5c4cc3c2)cc1. The van der Waals surface area contributed by atoms with E-state index in [1.807, 2.05) is 11.3 Å². The molecular weight excluding hydrogens is 537 g/mol. The molecule has 0 aliphatic carbocycles. The predicted molar refractivity (Wildman–Crippen MR) is 188 cm³/mol. The van der Waals surface area contributed by atoms with E-state index in [0.29, 0.717) is 0 Å². The minimum absolute atomic E-state index is 1.25. The number of benzene rings is 8. The van der Waals surface area contributed by atoms with Crippen molar-refractivity contribution >= 4 is 63.8 Å². The highest BCUT2D eigenvalue weighted by atomic mass is 32.1. The van der Waals surface area contributed by atoms with Crippen LogP contribution in [0.15, 0.2) is 158 Å². The van der Waals surface area contributed by atoms with Crippen LogP contribution in [0.1, 0.15) is 0 Å². The van der Waals surface area contributed by atoms with Crippen molar-refractivity contribution in [1.29, 1.82) is 0 Å². The van der Waals surface area contributed by atoms with E-state index in [2.05, 4.69) is 158 Å². The third-order valence-electron chi connectivity index (χ3n) is 8.82. The highest BCUT2D eigenvalue weighted by Crippen LogP contribution is 2.45. The van der Waals surface area contributed by atoms with Gasteiger partial charge in [-0.3, -0.25) is 0 Å². The van der Waals surface area contributed by atoms with Gasteiger partial charge >= 0.3 is 0 Å². The van der Waals surface area contributed by atoms with E-state index >= 15 is 0 Å². The molecule has 0 aliphatic rings. The van der Waals surface area contributed by atoms with Crippen molar-refractivity contribution in [2.45, 2.75) is 0 Å². The number of rotatable bonds is 3. The Bertz CT molecular complexity index is 2430. The number of fused-ring (bicyclic) bond motifs is 6. The molecule has 0 radical (unpaired) electrons. The van der Waals surface area contributed by atoms with Gasteiger partial charge in [0.15, 0.2) is 0 Å². The van der Waals surface area contributed by atoms with Gasteiger partial charge in [-0.2, -0.15) is 0 Å². The van der Waals surface area contributed by atoms with Crippen molar-refractivity contribution in [3.8, 4) is 33.4 Å². The zero-order valence-electron chi connectivity index (χ0n) is 23.4. The van der Waals surface area contributed by atoms with Gasteiger partial charge in [-0.05, 0) is 96.0 Å². The van der Waals surface area contributed by atoms with Gasteiger partial charge in [-0.1, -0.05) is 127 Å². The largest absolute Gasteiger partial charge is 0.135 e. The average molecular weight is 563 g/mol. The molecule has 0 spiro atoms. The Balaban J connectivity index is 1.31. The second-order valence-corrected chi connectivity index (χ2v) is 12.4. The first kappa shape index (κ1) is 24.4. The summed E-state index contributed by atoms with van der Waals surface area (Å²) in [5, 5.41) is 10.4. The van der Waals surface area contributed by atoms with Gasteiger partial charge in [0.05, 0.1) is 0 Å². The fraction of sp³-hybridized carbons (Fsp3) is 0. The lowest BCUT2D eigenvalue weighted by molar-refractivity contribution is 1.65. The van der Waals surface area contributed by atoms with Gasteiger partial charge in [-0.15, -0.1) is 11.3 Å². The average Bonchev–Trinajstić information content (AvgIpc) is 3.43. The second-order valence-electron chi connectivity index (χ2n) is 11.3. The van der Waals surface area contributed by atoms with Crippen LogP contribution >= 0.6 is 11.3 Å². The summed E-state index contributed by atoms with van der Waals surface area (Å²) in [5.41, 5.74) is 7.63. The van der Waals surface area contributed by atoms with Gasteiger partial charge in [-0.25, -0.2) is 0 Å². The van der Waals surface area contributed by atoms with E-state index in [-0.39, 0.29) is 0 Å². The van der Waals surface area contributed by atoms with Gasteiger partial charge in [0.25, 0.3) is 0 Å². The van der Waals surface area contributed by atoms with Crippen molar-refractivity contribution in [3.63, 3.8) is 0 Å². The monoisotopic (exact) mass is 562 g/mol. The summed E-state index contributed by atoms with van der Waals surface area (Å²) in [6.07, 6.45) is 0. The van der Waals surface area contributed by atoms with Crippen LogP contribution in [0.5, 0.6) is 0 Å². The zero-order chi connectivity index (χ0) is 28.3. The second kappa shape index (κ2) is 9.66. The maximum absolute atomic E-state index is 2.43. The lowest BCUT2D eigenvalue weighted by Gasteiger charge is -2.17. The van der Waals surface area contributed by atoms with E-state index in [1.165, 1.54) is 85.9 Å². The van der Waals surface area contributed by atoms with E-state index in [4.69, 9.17) is 0 Å². The summed E-state index contributed by atoms with van der Waals surface area (Å²) < 4.78 is 2.66. The molecule has 9 aromatic rings. The van der Waals surface area contributed by atoms with E-state index < -0.39 is 0 Å². The molecule has 0 atom stereocenters. The first-order chi connectivity index (χ1) is 21.3. The molecule has 0 N–H and O–H groups in total. The molecule has 0 aliphatic heterocycles. The molecule has 0 unspecified atom stereocenters. The van der Waals surface area contributed by atoms with Crippen molar-refractivity contribution in [2.24, 2.45) is 0 Å². The summed E-state index contributed by atoms with van der Waals surface area (Å²) in [6, 6.07) is 58.0. The smallest absolute Gasteiger partial charge is 0.0361 e. The molecule has 43 heavy (non-hydrogen) atoms. The van der Waals surface area contributed by atoms with Crippen LogP contribution in [0.4, 0.5) is 0 Å². The van der Waals surface area contributed by atoms with Crippen LogP contribution in [0.25, 0.3) is 85.9 Å². The fourth-order valence-corrected chi connectivity index (χ4v) is 7.96. The van der Waals surface area contributed by atoms with Crippen molar-refractivity contribution in [1.82, 2.24) is 0 Å². The Hall–Kier alpha value is -5.24. The fourth-order valence-electron chi connectivity index (χ4n) is 6.84. The molecule has 0 saturated heterocycles. The maximum Gasteiger partial charge on any atom is 0.0361 e. The third-order valence-corrected chi connectivity index (χ3v) is 9.95. The van der Waals surface area contributed by atoms with Crippen molar-refractivity contribution in [2.75, 3.05) is 0 Å². The Kier molecular flexibility index (Phi) is 5.47. The van der Waals surface area contributed by atoms with Gasteiger partial charge in [0, 0.05) is 20.2 Å². The lowest BCUT2D eigenvalue weighted by atomic mass is 9.86. The van der Waals surface area contributed by atoms with Gasteiger partial charge in [0.1, 0.15) is 0 Å². The van der Waals surface area contributed by atoms with Gasteiger partial charge < -0.3 is 0 Å². The predicted octanol–water partition coefficient (Wildman–Crippen LogP) is 12.5. The van der Waals surface area contributed by atoms with Crippen LogP contribution in [0, 0.1) is 0 Å². The molecule has 1 aromatic heterocycles. The lowest BCUT2D eigenvalue weighted by Crippen LogP contribution is -1.90. The molecule has 200 valence electrons. The van der Waals surface area contributed by atoms with Gasteiger partial charge in [0.2, 0.25) is 0 Å². The maximum atomic E-state index is 2.43. The number of hydrogen-bond acceptors (Lipinski definition) is 1. The van der Waals surface area contributed by atoms with Crippen LogP contribution in [-0.2, 0) is 0 Å². The van der Waals surface area contributed by atoms with Crippen LogP contribution in [0.2, 0.25) is 0 Å². The normalized spacial score (nSPS) is 11.7. The minimum atomic E-state index is 1.25. The zero-order valence-corrected chi connectivity index (χ0v) is 24.2. The highest BCUT2D eigenvalue weighted by Gasteiger charge is 2.17. The van der Waals surface area contributed by atoms with Crippen LogP contribution in [0.3, 0.4) is 0 Å². The number of hydrogen-bond donors (Lipinski definition) is 0. The molecule has 1 heteroatoms. The molecular formula is C42H26S. The summed E-state index contributed by atoms with van der Waals surface area (Å²) >= 11 is 1.89. The van der Waals surface area contributed by atoms with Crippen LogP contribution < -0.4 is 0 Å². The first-order valence-corrected chi connectivity index (χ1v) is 15.6. The molecule has 0 fully saturated rings. The van der Waals surface area contributed by atoms with Crippen molar-refractivity contribution < 1.29 is 0 Å². The number of thiophene rings is 1. The highest BCUT2D eigenvalue weighted by molar-refractivity contribution is 7.25. The summed E-state index contributed by atoms with van der Waals surface area (Å²) in [6.45, 7) is 0. The Morgan fingerprint density at radius 3 is 1.47 bits per heavy atom. The van der Waals surface area contributed by atoms with E-state index in [1.54, 1.807) is 0 Å². The molecule has 8 aromatic carbocycles. The van der Waals surface area contributed by atoms with E-state index in [9.17, 15) is 0 Å². The minimum Gasteiger partial charge on any atom is -0.135 e. The van der Waals surface area contributed by atoms with Crippen molar-refractivity contribution in [3.05, 3.63) is 158 Å². The molecule has 0 saturated carbocycles. The molecule has 9 rings (SSSR count).